The number of Topliss-reactive ketones (excluding diaryl/α,β-unsaturated/α-hetero) is 1. The van der Waals surface area contributed by atoms with Gasteiger partial charge in [-0.1, -0.05) is 6.92 Å². The maximum Gasteiger partial charge on any atom is 0.238 e. The van der Waals surface area contributed by atoms with Crippen LogP contribution in [0.25, 0.3) is 0 Å². The van der Waals surface area contributed by atoms with Crippen molar-refractivity contribution in [1.82, 2.24) is 4.90 Å². The van der Waals surface area contributed by atoms with Crippen molar-refractivity contribution in [1.29, 1.82) is 0 Å². The summed E-state index contributed by atoms with van der Waals surface area (Å²) in [6.07, 6.45) is 2.33. The molecule has 1 amide bonds. The van der Waals surface area contributed by atoms with Crippen LogP contribution in [0.2, 0.25) is 0 Å². The minimum absolute atomic E-state index is 0.00938. The molecule has 0 aromatic heterocycles. The molecule has 2 rings (SSSR count). The Bertz CT molecular complexity index is 474. The molecule has 0 bridgehead atoms. The summed E-state index contributed by atoms with van der Waals surface area (Å²) in [5.41, 5.74) is 1.40. The molecule has 1 aliphatic heterocycles. The lowest BCUT2D eigenvalue weighted by Crippen LogP contribution is -2.38. The Labute approximate surface area is 120 Å². The van der Waals surface area contributed by atoms with Crippen LogP contribution in [0.15, 0.2) is 24.3 Å². The van der Waals surface area contributed by atoms with Crippen molar-refractivity contribution >= 4 is 17.4 Å². The van der Waals surface area contributed by atoms with Crippen molar-refractivity contribution in [2.24, 2.45) is 5.92 Å². The van der Waals surface area contributed by atoms with E-state index in [0.29, 0.717) is 12.1 Å². The van der Waals surface area contributed by atoms with Crippen molar-refractivity contribution < 1.29 is 9.59 Å². The molecule has 1 N–H and O–H groups in total. The third-order valence-electron chi connectivity index (χ3n) is 3.82. The van der Waals surface area contributed by atoms with E-state index < -0.39 is 0 Å². The highest BCUT2D eigenvalue weighted by Gasteiger charge is 2.17. The van der Waals surface area contributed by atoms with Gasteiger partial charge in [0.1, 0.15) is 0 Å². The summed E-state index contributed by atoms with van der Waals surface area (Å²) in [4.78, 5) is 25.3. The maximum absolute atomic E-state index is 12.0. The average molecular weight is 274 g/mol. The quantitative estimate of drug-likeness (QED) is 0.858. The van der Waals surface area contributed by atoms with Crippen LogP contribution in [0, 0.1) is 5.92 Å². The Morgan fingerprint density at radius 3 is 2.35 bits per heavy atom. The maximum atomic E-state index is 12.0. The molecule has 0 aliphatic carbocycles. The SMILES string of the molecule is CC(=O)c1ccc(NC(=O)CN2CCC(C)CC2)cc1. The third-order valence-corrected chi connectivity index (χ3v) is 3.82. The molecule has 0 unspecified atom stereocenters. The first-order valence-corrected chi connectivity index (χ1v) is 7.18. The molecule has 1 aliphatic rings. The minimum Gasteiger partial charge on any atom is -0.325 e. The lowest BCUT2D eigenvalue weighted by molar-refractivity contribution is -0.117. The highest BCUT2D eigenvalue weighted by atomic mass is 16.2. The van der Waals surface area contributed by atoms with E-state index in [1.54, 1.807) is 24.3 Å². The van der Waals surface area contributed by atoms with Gasteiger partial charge in [0.15, 0.2) is 5.78 Å². The van der Waals surface area contributed by atoms with Crippen molar-refractivity contribution in [3.8, 4) is 0 Å². The molecule has 20 heavy (non-hydrogen) atoms. The molecule has 1 aromatic rings. The first-order chi connectivity index (χ1) is 9.54. The van der Waals surface area contributed by atoms with E-state index in [1.165, 1.54) is 19.8 Å². The Hall–Kier alpha value is -1.68. The lowest BCUT2D eigenvalue weighted by atomic mass is 9.99. The number of rotatable bonds is 4. The van der Waals surface area contributed by atoms with Gasteiger partial charge in [-0.25, -0.2) is 0 Å². The molecule has 4 heteroatoms. The fraction of sp³-hybridized carbons (Fsp3) is 0.500. The standard InChI is InChI=1S/C16H22N2O2/c1-12-7-9-18(10-8-12)11-16(20)17-15-5-3-14(4-6-15)13(2)19/h3-6,12H,7-11H2,1-2H3,(H,17,20). The molecule has 108 valence electrons. The second kappa shape index (κ2) is 6.66. The zero-order chi connectivity index (χ0) is 14.5. The Morgan fingerprint density at radius 2 is 1.80 bits per heavy atom. The van der Waals surface area contributed by atoms with Gasteiger partial charge in [0.25, 0.3) is 0 Å². The summed E-state index contributed by atoms with van der Waals surface area (Å²) in [6.45, 7) is 6.23. The predicted octanol–water partition coefficient (Wildman–Crippen LogP) is 2.56. The molecule has 0 atom stereocenters. The number of carbonyl (C=O) groups is 2. The summed E-state index contributed by atoms with van der Waals surface area (Å²) in [5.74, 6) is 0.814. The Balaban J connectivity index is 1.83. The van der Waals surface area contributed by atoms with Gasteiger partial charge < -0.3 is 5.32 Å². The number of hydrogen-bond donors (Lipinski definition) is 1. The molecule has 0 radical (unpaired) electrons. The van der Waals surface area contributed by atoms with Gasteiger partial charge in [0.2, 0.25) is 5.91 Å². The van der Waals surface area contributed by atoms with E-state index >= 15 is 0 Å². The van der Waals surface area contributed by atoms with E-state index in [9.17, 15) is 9.59 Å². The summed E-state index contributed by atoms with van der Waals surface area (Å²) >= 11 is 0. The molecular formula is C16H22N2O2. The van der Waals surface area contributed by atoms with E-state index in [4.69, 9.17) is 0 Å². The molecule has 1 saturated heterocycles. The molecular weight excluding hydrogens is 252 g/mol. The molecule has 0 spiro atoms. The molecule has 1 heterocycles. The Morgan fingerprint density at radius 1 is 1.20 bits per heavy atom. The van der Waals surface area contributed by atoms with Gasteiger partial charge in [0, 0.05) is 11.3 Å². The average Bonchev–Trinajstić information content (AvgIpc) is 2.42. The zero-order valence-electron chi connectivity index (χ0n) is 12.2. The van der Waals surface area contributed by atoms with Gasteiger partial charge in [0.05, 0.1) is 6.54 Å². The number of ketones is 1. The first kappa shape index (κ1) is 14.7. The number of nitrogens with one attached hydrogen (secondary N) is 1. The van der Waals surface area contributed by atoms with Gasteiger partial charge >= 0.3 is 0 Å². The number of hydrogen-bond acceptors (Lipinski definition) is 3. The van der Waals surface area contributed by atoms with Crippen LogP contribution in [-0.2, 0) is 4.79 Å². The topological polar surface area (TPSA) is 49.4 Å². The zero-order valence-corrected chi connectivity index (χ0v) is 12.2. The van der Waals surface area contributed by atoms with Crippen molar-refractivity contribution in [2.75, 3.05) is 25.0 Å². The van der Waals surface area contributed by atoms with Crippen molar-refractivity contribution in [2.45, 2.75) is 26.7 Å². The van der Waals surface area contributed by atoms with Crippen LogP contribution >= 0.6 is 0 Å². The number of amides is 1. The second-order valence-electron chi connectivity index (χ2n) is 5.64. The van der Waals surface area contributed by atoms with Crippen molar-refractivity contribution in [3.05, 3.63) is 29.8 Å². The molecule has 0 saturated carbocycles. The van der Waals surface area contributed by atoms with Crippen LogP contribution in [0.4, 0.5) is 5.69 Å². The van der Waals surface area contributed by atoms with Gasteiger partial charge in [-0.15, -0.1) is 0 Å². The number of carbonyl (C=O) groups excluding carboxylic acids is 2. The fourth-order valence-electron chi connectivity index (χ4n) is 2.41. The summed E-state index contributed by atoms with van der Waals surface area (Å²) < 4.78 is 0. The normalized spacial score (nSPS) is 16.9. The molecule has 1 aromatic carbocycles. The highest BCUT2D eigenvalue weighted by molar-refractivity contribution is 5.96. The highest BCUT2D eigenvalue weighted by Crippen LogP contribution is 2.16. The fourth-order valence-corrected chi connectivity index (χ4v) is 2.41. The van der Waals surface area contributed by atoms with E-state index in [2.05, 4.69) is 17.1 Å². The summed E-state index contributed by atoms with van der Waals surface area (Å²) in [6, 6.07) is 7.01. The van der Waals surface area contributed by atoms with Crippen molar-refractivity contribution in [3.63, 3.8) is 0 Å². The first-order valence-electron chi connectivity index (χ1n) is 7.18. The predicted molar refractivity (Wildman–Crippen MR) is 79.9 cm³/mol. The Kier molecular flexibility index (Phi) is 4.90. The second-order valence-corrected chi connectivity index (χ2v) is 5.64. The number of benzene rings is 1. The van der Waals surface area contributed by atoms with Crippen LogP contribution in [-0.4, -0.2) is 36.2 Å². The van der Waals surface area contributed by atoms with Gasteiger partial charge in [-0.2, -0.15) is 0 Å². The van der Waals surface area contributed by atoms with Crippen LogP contribution in [0.3, 0.4) is 0 Å². The number of likely N-dealkylation sites (tertiary alicyclic amines) is 1. The summed E-state index contributed by atoms with van der Waals surface area (Å²) in [7, 11) is 0. The largest absolute Gasteiger partial charge is 0.325 e. The number of anilines is 1. The summed E-state index contributed by atoms with van der Waals surface area (Å²) in [5, 5.41) is 2.87. The number of piperidine rings is 1. The van der Waals surface area contributed by atoms with Crippen LogP contribution in [0.1, 0.15) is 37.0 Å². The number of nitrogens with zero attached hydrogens (tertiary/aromatic N) is 1. The van der Waals surface area contributed by atoms with Gasteiger partial charge in [-0.05, 0) is 63.0 Å². The van der Waals surface area contributed by atoms with Crippen LogP contribution in [0.5, 0.6) is 0 Å². The van der Waals surface area contributed by atoms with Gasteiger partial charge in [-0.3, -0.25) is 14.5 Å². The monoisotopic (exact) mass is 274 g/mol. The molecule has 4 nitrogen and oxygen atoms in total. The van der Waals surface area contributed by atoms with E-state index in [-0.39, 0.29) is 11.7 Å². The van der Waals surface area contributed by atoms with Crippen LogP contribution < -0.4 is 5.32 Å². The van der Waals surface area contributed by atoms with E-state index in [0.717, 1.165) is 24.7 Å². The lowest BCUT2D eigenvalue weighted by Gasteiger charge is -2.29. The van der Waals surface area contributed by atoms with E-state index in [1.807, 2.05) is 0 Å². The smallest absolute Gasteiger partial charge is 0.238 e. The minimum atomic E-state index is 0.00938. The third kappa shape index (κ3) is 4.17. The molecule has 1 fully saturated rings.